The van der Waals surface area contributed by atoms with Crippen LogP contribution in [-0.2, 0) is 4.79 Å². The molecule has 11 heteroatoms. The van der Waals surface area contributed by atoms with Crippen molar-refractivity contribution in [3.05, 3.63) is 65.6 Å². The Kier molecular flexibility index (Phi) is 7.14. The minimum atomic E-state index is -0.834. The van der Waals surface area contributed by atoms with Crippen molar-refractivity contribution in [2.45, 2.75) is 39.3 Å². The van der Waals surface area contributed by atoms with Crippen LogP contribution in [0.25, 0.3) is 22.3 Å². The maximum Gasteiger partial charge on any atom is 0.322 e. The number of halogens is 1. The number of carbonyl (C=O) groups excluding carboxylic acids is 3. The fourth-order valence-electron chi connectivity index (χ4n) is 4.73. The summed E-state index contributed by atoms with van der Waals surface area (Å²) in [6.45, 7) is 6.53. The number of hydrogen-bond acceptors (Lipinski definition) is 7. The highest BCUT2D eigenvalue weighted by molar-refractivity contribution is 6.45. The van der Waals surface area contributed by atoms with Crippen LogP contribution in [0.3, 0.4) is 0 Å². The number of hydrogen-bond donors (Lipinski definition) is 2. The molecule has 2 amide bonds. The van der Waals surface area contributed by atoms with Crippen LogP contribution in [0.2, 0.25) is 0 Å². The molecule has 1 unspecified atom stereocenters. The number of aromatic amines is 1. The van der Waals surface area contributed by atoms with Gasteiger partial charge in [-0.2, -0.15) is 4.98 Å². The number of amides is 2. The molecule has 1 aliphatic heterocycles. The lowest BCUT2D eigenvalue weighted by Crippen LogP contribution is -2.56. The molecule has 1 fully saturated rings. The third-order valence-corrected chi connectivity index (χ3v) is 7.07. The fraction of sp³-hybridized carbons (Fsp3) is 0.321. The number of H-pyrrole nitrogens is 1. The van der Waals surface area contributed by atoms with Crippen LogP contribution in [0.5, 0.6) is 0 Å². The molecule has 202 valence electrons. The number of ketones is 1. The highest BCUT2D eigenvalue weighted by Crippen LogP contribution is 2.31. The normalized spacial score (nSPS) is 16.4. The van der Waals surface area contributed by atoms with Crippen LogP contribution in [0, 0.1) is 5.82 Å². The Morgan fingerprint density at radius 3 is 2.67 bits per heavy atom. The quantitative estimate of drug-likeness (QED) is 0.271. The smallest absolute Gasteiger partial charge is 0.322 e. The number of nitrogens with one attached hydrogen (secondary N) is 2. The van der Waals surface area contributed by atoms with Crippen molar-refractivity contribution in [3.8, 4) is 11.4 Å². The van der Waals surface area contributed by atoms with Crippen LogP contribution >= 0.6 is 0 Å². The van der Waals surface area contributed by atoms with Gasteiger partial charge in [0.05, 0.1) is 11.1 Å². The van der Waals surface area contributed by atoms with E-state index in [0.717, 1.165) is 6.42 Å². The van der Waals surface area contributed by atoms with Gasteiger partial charge in [-0.15, -0.1) is 0 Å². The second-order valence-electron chi connectivity index (χ2n) is 9.72. The van der Waals surface area contributed by atoms with Crippen molar-refractivity contribution in [3.63, 3.8) is 0 Å². The molecular formula is C28H29FN6O4. The zero-order chi connectivity index (χ0) is 27.7. The standard InChI is InChI=1S/C28H29FN6O4/c1-4-16(2)31-28-32-25(33-39-28)19-10-11-21(29)22-20(14-30-23(19)22)24(36)27(38)35-13-12-34(15-17(35)3)26(37)18-8-6-5-7-9-18/h5-11,14,16-17,30H,4,12-13,15H2,1-3H3,(H,31,32,33)/t16?,17-/m1/s1. The van der Waals surface area contributed by atoms with Gasteiger partial charge in [-0.25, -0.2) is 4.39 Å². The van der Waals surface area contributed by atoms with Crippen LogP contribution in [-0.4, -0.2) is 74.2 Å². The average Bonchev–Trinajstić information content (AvgIpc) is 3.61. The van der Waals surface area contributed by atoms with Crippen molar-refractivity contribution in [1.82, 2.24) is 24.9 Å². The molecule has 4 aromatic rings. The zero-order valence-electron chi connectivity index (χ0n) is 21.9. The molecule has 2 aromatic carbocycles. The van der Waals surface area contributed by atoms with E-state index in [-0.39, 0.29) is 59.9 Å². The Morgan fingerprint density at radius 1 is 1.18 bits per heavy atom. The average molecular weight is 533 g/mol. The summed E-state index contributed by atoms with van der Waals surface area (Å²) in [5, 5.41) is 7.06. The molecule has 2 atom stereocenters. The summed E-state index contributed by atoms with van der Waals surface area (Å²) in [6.07, 6.45) is 2.18. The zero-order valence-corrected chi connectivity index (χ0v) is 21.9. The molecule has 0 saturated carbocycles. The first kappa shape index (κ1) is 26.1. The van der Waals surface area contributed by atoms with E-state index in [1.165, 1.54) is 23.2 Å². The van der Waals surface area contributed by atoms with Gasteiger partial charge in [0, 0.05) is 54.4 Å². The molecule has 0 bridgehead atoms. The van der Waals surface area contributed by atoms with E-state index in [0.29, 0.717) is 11.1 Å². The number of Topliss-reactive ketones (excluding diaryl/α,β-unsaturated/α-hetero) is 1. The number of rotatable bonds is 7. The number of aromatic nitrogens is 3. The maximum absolute atomic E-state index is 15.0. The molecule has 2 N–H and O–H groups in total. The summed E-state index contributed by atoms with van der Waals surface area (Å²) < 4.78 is 20.3. The first-order valence-corrected chi connectivity index (χ1v) is 12.9. The Morgan fingerprint density at radius 2 is 1.95 bits per heavy atom. The maximum atomic E-state index is 15.0. The number of nitrogens with zero attached hydrogens (tertiary/aromatic N) is 4. The summed E-state index contributed by atoms with van der Waals surface area (Å²) in [5.74, 6) is -2.15. The van der Waals surface area contributed by atoms with Crippen molar-refractivity contribution in [1.29, 1.82) is 0 Å². The third kappa shape index (κ3) is 4.99. The first-order chi connectivity index (χ1) is 18.8. The number of benzene rings is 2. The van der Waals surface area contributed by atoms with Gasteiger partial charge in [0.25, 0.3) is 17.6 Å². The van der Waals surface area contributed by atoms with Crippen molar-refractivity contribution < 1.29 is 23.3 Å². The van der Waals surface area contributed by atoms with Crippen LogP contribution in [0.15, 0.2) is 53.2 Å². The SMILES string of the molecule is CCC(C)Nc1nc(-c2ccc(F)c3c(C(=O)C(=O)N4CCN(C(=O)c5ccccc5)C[C@H]4C)c[nH]c23)no1. The van der Waals surface area contributed by atoms with E-state index in [9.17, 15) is 14.4 Å². The monoisotopic (exact) mass is 532 g/mol. The van der Waals surface area contributed by atoms with Gasteiger partial charge in [-0.1, -0.05) is 30.3 Å². The largest absolute Gasteiger partial charge is 0.360 e. The second kappa shape index (κ2) is 10.7. The lowest BCUT2D eigenvalue weighted by Gasteiger charge is -2.39. The Hall–Kier alpha value is -4.54. The fourth-order valence-corrected chi connectivity index (χ4v) is 4.73. The van der Waals surface area contributed by atoms with Crippen LogP contribution in [0.1, 0.15) is 47.9 Å². The predicted molar refractivity (Wildman–Crippen MR) is 143 cm³/mol. The van der Waals surface area contributed by atoms with Gasteiger partial charge in [-0.05, 0) is 44.5 Å². The van der Waals surface area contributed by atoms with Gasteiger partial charge >= 0.3 is 6.01 Å². The summed E-state index contributed by atoms with van der Waals surface area (Å²) in [4.78, 5) is 49.8. The van der Waals surface area contributed by atoms with Crippen molar-refractivity contribution >= 4 is 34.5 Å². The van der Waals surface area contributed by atoms with Gasteiger partial charge < -0.3 is 24.6 Å². The highest BCUT2D eigenvalue weighted by Gasteiger charge is 2.35. The molecule has 3 heterocycles. The van der Waals surface area contributed by atoms with Gasteiger partial charge in [-0.3, -0.25) is 14.4 Å². The van der Waals surface area contributed by atoms with E-state index >= 15 is 4.39 Å². The molecule has 1 saturated heterocycles. The third-order valence-electron chi connectivity index (χ3n) is 7.07. The highest BCUT2D eigenvalue weighted by atomic mass is 19.1. The van der Waals surface area contributed by atoms with Crippen molar-refractivity contribution in [2.24, 2.45) is 0 Å². The van der Waals surface area contributed by atoms with Crippen LogP contribution < -0.4 is 5.32 Å². The molecule has 10 nitrogen and oxygen atoms in total. The molecule has 0 spiro atoms. The topological polar surface area (TPSA) is 124 Å². The molecule has 0 radical (unpaired) electrons. The summed E-state index contributed by atoms with van der Waals surface area (Å²) >= 11 is 0. The molecule has 2 aromatic heterocycles. The number of carbonyl (C=O) groups is 3. The van der Waals surface area contributed by atoms with E-state index in [1.807, 2.05) is 19.9 Å². The van der Waals surface area contributed by atoms with Gasteiger partial charge in [0.15, 0.2) is 0 Å². The summed E-state index contributed by atoms with van der Waals surface area (Å²) in [6, 6.07) is 11.6. The van der Waals surface area contributed by atoms with E-state index in [4.69, 9.17) is 4.52 Å². The number of piperazine rings is 1. The van der Waals surface area contributed by atoms with E-state index in [2.05, 4.69) is 20.4 Å². The number of anilines is 1. The Bertz CT molecular complexity index is 1530. The molecule has 0 aliphatic carbocycles. The van der Waals surface area contributed by atoms with Crippen LogP contribution in [0.4, 0.5) is 10.4 Å². The van der Waals surface area contributed by atoms with E-state index in [1.54, 1.807) is 36.1 Å². The molecular weight excluding hydrogens is 503 g/mol. The Balaban J connectivity index is 1.36. The van der Waals surface area contributed by atoms with E-state index < -0.39 is 23.5 Å². The summed E-state index contributed by atoms with van der Waals surface area (Å²) in [7, 11) is 0. The van der Waals surface area contributed by atoms with Crippen molar-refractivity contribution in [2.75, 3.05) is 25.0 Å². The predicted octanol–water partition coefficient (Wildman–Crippen LogP) is 4.12. The number of fused-ring (bicyclic) bond motifs is 1. The molecule has 39 heavy (non-hydrogen) atoms. The van der Waals surface area contributed by atoms with Gasteiger partial charge in [0.2, 0.25) is 5.82 Å². The minimum absolute atomic E-state index is 0.0161. The molecule has 1 aliphatic rings. The Labute approximate surface area is 224 Å². The second-order valence-corrected chi connectivity index (χ2v) is 9.72. The lowest BCUT2D eigenvalue weighted by atomic mass is 10.0. The van der Waals surface area contributed by atoms with Gasteiger partial charge in [0.1, 0.15) is 5.82 Å². The molecule has 5 rings (SSSR count). The first-order valence-electron chi connectivity index (χ1n) is 12.9. The lowest BCUT2D eigenvalue weighted by molar-refractivity contribution is -0.130. The minimum Gasteiger partial charge on any atom is -0.360 e. The summed E-state index contributed by atoms with van der Waals surface area (Å²) in [5.41, 5.74) is 1.20.